The molecule has 0 spiro atoms. The fraction of sp³-hybridized carbons (Fsp3) is 0.714. The second kappa shape index (κ2) is 7.28. The highest BCUT2D eigenvalue weighted by Crippen LogP contribution is 2.27. The number of nitrogens with zero attached hydrogens (tertiary/aromatic N) is 2. The van der Waals surface area contributed by atoms with E-state index in [0.29, 0.717) is 12.4 Å². The van der Waals surface area contributed by atoms with E-state index < -0.39 is 0 Å². The van der Waals surface area contributed by atoms with Crippen molar-refractivity contribution in [2.24, 2.45) is 10.9 Å². The van der Waals surface area contributed by atoms with Crippen molar-refractivity contribution in [3.63, 3.8) is 0 Å². The van der Waals surface area contributed by atoms with E-state index in [1.54, 1.807) is 13.2 Å². The van der Waals surface area contributed by atoms with Crippen LogP contribution < -0.4 is 10.6 Å². The summed E-state index contributed by atoms with van der Waals surface area (Å²) in [5.74, 6) is 3.24. The predicted molar refractivity (Wildman–Crippen MR) is 91.5 cm³/mol. The molecule has 0 unspecified atom stereocenters. The first-order valence-electron chi connectivity index (χ1n) is 6.88. The maximum absolute atomic E-state index is 5.72. The molecule has 0 saturated heterocycles. The number of halogens is 1. The molecule has 2 N–H and O–H groups in total. The van der Waals surface area contributed by atoms with Crippen LogP contribution in [-0.2, 0) is 12.0 Å². The van der Waals surface area contributed by atoms with E-state index in [9.17, 15) is 0 Å². The van der Waals surface area contributed by atoms with Gasteiger partial charge in [0, 0.05) is 19.0 Å². The molecule has 1 aliphatic carbocycles. The summed E-state index contributed by atoms with van der Waals surface area (Å²) in [5.41, 5.74) is -0.00283. The summed E-state index contributed by atoms with van der Waals surface area (Å²) in [6, 6.07) is 0. The highest BCUT2D eigenvalue weighted by atomic mass is 127. The van der Waals surface area contributed by atoms with Gasteiger partial charge in [0.25, 0.3) is 0 Å². The van der Waals surface area contributed by atoms with Crippen molar-refractivity contribution in [2.75, 3.05) is 13.6 Å². The van der Waals surface area contributed by atoms with Crippen molar-refractivity contribution in [3.8, 4) is 0 Å². The van der Waals surface area contributed by atoms with Crippen molar-refractivity contribution in [1.29, 1.82) is 0 Å². The molecule has 1 aromatic heterocycles. The fourth-order valence-corrected chi connectivity index (χ4v) is 1.68. The number of guanidine groups is 1. The Balaban J connectivity index is 0.00000200. The SMILES string of the molecule is CN=C(NCc1ncc(C(C)(C)C)o1)NCC1CC1.I. The number of aromatic nitrogens is 1. The van der Waals surface area contributed by atoms with Gasteiger partial charge < -0.3 is 15.1 Å². The number of nitrogens with one attached hydrogen (secondary N) is 2. The highest BCUT2D eigenvalue weighted by Gasteiger charge is 2.21. The summed E-state index contributed by atoms with van der Waals surface area (Å²) in [4.78, 5) is 8.47. The maximum atomic E-state index is 5.72. The smallest absolute Gasteiger partial charge is 0.213 e. The Hall–Kier alpha value is -0.790. The summed E-state index contributed by atoms with van der Waals surface area (Å²) in [6.07, 6.45) is 4.47. The lowest BCUT2D eigenvalue weighted by molar-refractivity contribution is 0.379. The predicted octanol–water partition coefficient (Wildman–Crippen LogP) is 2.67. The van der Waals surface area contributed by atoms with Gasteiger partial charge in [0.15, 0.2) is 5.96 Å². The van der Waals surface area contributed by atoms with Gasteiger partial charge in [0.05, 0.1) is 12.7 Å². The number of hydrogen-bond donors (Lipinski definition) is 2. The van der Waals surface area contributed by atoms with Gasteiger partial charge in [-0.25, -0.2) is 4.98 Å². The van der Waals surface area contributed by atoms with Gasteiger partial charge in [-0.2, -0.15) is 0 Å². The Kier molecular flexibility index (Phi) is 6.29. The Morgan fingerprint density at radius 3 is 2.60 bits per heavy atom. The molecule has 1 heterocycles. The van der Waals surface area contributed by atoms with E-state index in [1.165, 1.54) is 12.8 Å². The van der Waals surface area contributed by atoms with E-state index in [4.69, 9.17) is 4.42 Å². The summed E-state index contributed by atoms with van der Waals surface area (Å²) in [6.45, 7) is 7.89. The summed E-state index contributed by atoms with van der Waals surface area (Å²) < 4.78 is 5.72. The lowest BCUT2D eigenvalue weighted by Crippen LogP contribution is -2.37. The third kappa shape index (κ3) is 5.30. The summed E-state index contributed by atoms with van der Waals surface area (Å²) in [5, 5.41) is 6.52. The van der Waals surface area contributed by atoms with Crippen LogP contribution in [0.25, 0.3) is 0 Å². The first-order valence-corrected chi connectivity index (χ1v) is 6.88. The van der Waals surface area contributed by atoms with Gasteiger partial charge in [-0.05, 0) is 18.8 Å². The van der Waals surface area contributed by atoms with E-state index in [1.807, 2.05) is 0 Å². The van der Waals surface area contributed by atoms with Crippen LogP contribution in [0, 0.1) is 5.92 Å². The molecule has 1 saturated carbocycles. The van der Waals surface area contributed by atoms with Crippen LogP contribution in [0.5, 0.6) is 0 Å². The molecule has 114 valence electrons. The molecule has 0 aromatic carbocycles. The van der Waals surface area contributed by atoms with Gasteiger partial charge in [0.1, 0.15) is 5.76 Å². The molecule has 0 bridgehead atoms. The molecule has 0 radical (unpaired) electrons. The molecule has 0 amide bonds. The first-order chi connectivity index (χ1) is 8.99. The normalized spacial score (nSPS) is 15.7. The Labute approximate surface area is 138 Å². The van der Waals surface area contributed by atoms with Crippen LogP contribution in [0.2, 0.25) is 0 Å². The standard InChI is InChI=1S/C14H24N4O.HI/c1-14(2,3)11-8-16-12(19-11)9-18-13(15-4)17-7-10-5-6-10;/h8,10H,5-7,9H2,1-4H3,(H2,15,17,18);1H. The van der Waals surface area contributed by atoms with Crippen molar-refractivity contribution >= 4 is 29.9 Å². The first kappa shape index (κ1) is 17.3. The van der Waals surface area contributed by atoms with Crippen LogP contribution in [0.4, 0.5) is 0 Å². The molecule has 20 heavy (non-hydrogen) atoms. The second-order valence-electron chi connectivity index (χ2n) is 6.12. The lowest BCUT2D eigenvalue weighted by Gasteiger charge is -2.13. The minimum Gasteiger partial charge on any atom is -0.443 e. The van der Waals surface area contributed by atoms with Crippen LogP contribution in [0.3, 0.4) is 0 Å². The van der Waals surface area contributed by atoms with E-state index in [2.05, 4.69) is 41.4 Å². The third-order valence-electron chi connectivity index (χ3n) is 3.18. The van der Waals surface area contributed by atoms with Crippen LogP contribution in [-0.4, -0.2) is 24.5 Å². The van der Waals surface area contributed by atoms with E-state index >= 15 is 0 Å². The number of aliphatic imine (C=N–C) groups is 1. The average molecular weight is 392 g/mol. The number of hydrogen-bond acceptors (Lipinski definition) is 3. The van der Waals surface area contributed by atoms with Gasteiger partial charge in [-0.15, -0.1) is 24.0 Å². The monoisotopic (exact) mass is 392 g/mol. The summed E-state index contributed by atoms with van der Waals surface area (Å²) in [7, 11) is 1.78. The average Bonchev–Trinajstić information content (AvgIpc) is 3.04. The minimum absolute atomic E-state index is 0. The Morgan fingerprint density at radius 2 is 2.10 bits per heavy atom. The quantitative estimate of drug-likeness (QED) is 0.470. The molecule has 2 rings (SSSR count). The van der Waals surface area contributed by atoms with Gasteiger partial charge in [0.2, 0.25) is 5.89 Å². The molecule has 6 heteroatoms. The molecule has 5 nitrogen and oxygen atoms in total. The van der Waals surface area contributed by atoms with Crippen molar-refractivity contribution < 1.29 is 4.42 Å². The van der Waals surface area contributed by atoms with E-state index in [-0.39, 0.29) is 29.4 Å². The fourth-order valence-electron chi connectivity index (χ4n) is 1.68. The molecule has 1 aromatic rings. The molecule has 0 aliphatic heterocycles. The van der Waals surface area contributed by atoms with E-state index in [0.717, 1.165) is 24.2 Å². The topological polar surface area (TPSA) is 62.5 Å². The van der Waals surface area contributed by atoms with Crippen LogP contribution >= 0.6 is 24.0 Å². The highest BCUT2D eigenvalue weighted by molar-refractivity contribution is 14.0. The molecule has 1 fully saturated rings. The van der Waals surface area contributed by atoms with Crippen LogP contribution in [0.1, 0.15) is 45.3 Å². The zero-order valence-corrected chi connectivity index (χ0v) is 15.0. The molecular formula is C14H25IN4O. The van der Waals surface area contributed by atoms with Crippen LogP contribution in [0.15, 0.2) is 15.6 Å². The Bertz CT molecular complexity index is 446. The summed E-state index contributed by atoms with van der Waals surface area (Å²) >= 11 is 0. The molecule has 1 aliphatic rings. The maximum Gasteiger partial charge on any atom is 0.213 e. The van der Waals surface area contributed by atoms with Gasteiger partial charge >= 0.3 is 0 Å². The third-order valence-corrected chi connectivity index (χ3v) is 3.18. The largest absolute Gasteiger partial charge is 0.443 e. The Morgan fingerprint density at radius 1 is 1.40 bits per heavy atom. The lowest BCUT2D eigenvalue weighted by atomic mass is 9.94. The van der Waals surface area contributed by atoms with Crippen molar-refractivity contribution in [2.45, 2.75) is 45.6 Å². The van der Waals surface area contributed by atoms with Crippen molar-refractivity contribution in [3.05, 3.63) is 17.8 Å². The zero-order chi connectivity index (χ0) is 13.9. The van der Waals surface area contributed by atoms with Crippen molar-refractivity contribution in [1.82, 2.24) is 15.6 Å². The number of oxazole rings is 1. The molecule has 0 atom stereocenters. The molecular weight excluding hydrogens is 367 g/mol. The zero-order valence-electron chi connectivity index (χ0n) is 12.7. The van der Waals surface area contributed by atoms with Gasteiger partial charge in [-0.1, -0.05) is 20.8 Å². The second-order valence-corrected chi connectivity index (χ2v) is 6.12. The minimum atomic E-state index is -0.00283. The number of rotatable bonds is 4. The van der Waals surface area contributed by atoms with Gasteiger partial charge in [-0.3, -0.25) is 4.99 Å².